The van der Waals surface area contributed by atoms with E-state index in [0.717, 1.165) is 0 Å². The van der Waals surface area contributed by atoms with Crippen LogP contribution in [0.1, 0.15) is 34.8 Å². The molecule has 0 aliphatic rings. The van der Waals surface area contributed by atoms with E-state index in [1.54, 1.807) is 39.0 Å². The molecule has 0 bridgehead atoms. The number of carboxylic acids is 1. The van der Waals surface area contributed by atoms with Crippen molar-refractivity contribution in [3.05, 3.63) is 39.6 Å². The van der Waals surface area contributed by atoms with Crippen LogP contribution in [0.2, 0.25) is 5.28 Å². The van der Waals surface area contributed by atoms with E-state index in [1.165, 1.54) is 11.3 Å². The standard InChI is InChI=1S/C16H15ClN4O3S/c1-7-10(14(22)23)11-12(20-15(17)21-13(11)25-7)19-9-6-4-5-8(18-9)16(2,3)24/h4-6,24H,1-3H3,(H,22,23)(H,18,19,20,21). The molecule has 0 atom stereocenters. The van der Waals surface area contributed by atoms with Crippen LogP contribution in [0, 0.1) is 6.92 Å². The Kier molecular flexibility index (Phi) is 4.36. The lowest BCUT2D eigenvalue weighted by atomic mass is 10.1. The highest BCUT2D eigenvalue weighted by atomic mass is 35.5. The van der Waals surface area contributed by atoms with Crippen LogP contribution in [0.25, 0.3) is 10.2 Å². The Balaban J connectivity index is 2.15. The highest BCUT2D eigenvalue weighted by molar-refractivity contribution is 7.19. The minimum Gasteiger partial charge on any atom is -0.478 e. The summed E-state index contributed by atoms with van der Waals surface area (Å²) in [6, 6.07) is 5.13. The quantitative estimate of drug-likeness (QED) is 0.593. The van der Waals surface area contributed by atoms with Crippen molar-refractivity contribution in [1.82, 2.24) is 15.0 Å². The van der Waals surface area contributed by atoms with Gasteiger partial charge in [0.15, 0.2) is 0 Å². The average Bonchev–Trinajstić information content (AvgIpc) is 2.82. The third-order valence-electron chi connectivity index (χ3n) is 3.54. The number of rotatable bonds is 4. The topological polar surface area (TPSA) is 108 Å². The number of fused-ring (bicyclic) bond motifs is 1. The summed E-state index contributed by atoms with van der Waals surface area (Å²) in [5.74, 6) is -0.385. The van der Waals surface area contributed by atoms with E-state index in [4.69, 9.17) is 11.6 Å². The summed E-state index contributed by atoms with van der Waals surface area (Å²) in [6.45, 7) is 4.97. The zero-order chi connectivity index (χ0) is 18.4. The predicted molar refractivity (Wildman–Crippen MR) is 96.9 cm³/mol. The molecule has 0 fully saturated rings. The van der Waals surface area contributed by atoms with Crippen LogP contribution in [0.15, 0.2) is 18.2 Å². The van der Waals surface area contributed by atoms with Crippen molar-refractivity contribution in [3.63, 3.8) is 0 Å². The maximum atomic E-state index is 11.6. The number of aliphatic hydroxyl groups is 1. The minimum atomic E-state index is -1.11. The van der Waals surface area contributed by atoms with Crippen molar-refractivity contribution in [1.29, 1.82) is 0 Å². The molecule has 0 unspecified atom stereocenters. The minimum absolute atomic E-state index is 0.00633. The zero-order valence-electron chi connectivity index (χ0n) is 13.7. The van der Waals surface area contributed by atoms with E-state index in [1.807, 2.05) is 0 Å². The first-order valence-electron chi connectivity index (χ1n) is 7.33. The van der Waals surface area contributed by atoms with E-state index in [0.29, 0.717) is 26.6 Å². The molecular weight excluding hydrogens is 364 g/mol. The molecule has 0 saturated carbocycles. The molecule has 0 aromatic carbocycles. The molecule has 25 heavy (non-hydrogen) atoms. The summed E-state index contributed by atoms with van der Waals surface area (Å²) in [4.78, 5) is 25.3. The monoisotopic (exact) mass is 378 g/mol. The Morgan fingerprint density at radius 2 is 2.00 bits per heavy atom. The first kappa shape index (κ1) is 17.5. The van der Waals surface area contributed by atoms with Crippen LogP contribution in [0.5, 0.6) is 0 Å². The van der Waals surface area contributed by atoms with Gasteiger partial charge in [-0.05, 0) is 44.5 Å². The largest absolute Gasteiger partial charge is 0.478 e. The molecule has 0 saturated heterocycles. The van der Waals surface area contributed by atoms with Gasteiger partial charge >= 0.3 is 5.97 Å². The van der Waals surface area contributed by atoms with Gasteiger partial charge in [-0.1, -0.05) is 6.07 Å². The van der Waals surface area contributed by atoms with Crippen molar-refractivity contribution < 1.29 is 15.0 Å². The second-order valence-corrected chi connectivity index (χ2v) is 7.49. The SMILES string of the molecule is Cc1sc2nc(Cl)nc(Nc3cccc(C(C)(C)O)n3)c2c1C(=O)O. The molecule has 0 radical (unpaired) electrons. The van der Waals surface area contributed by atoms with E-state index in [2.05, 4.69) is 20.3 Å². The van der Waals surface area contributed by atoms with E-state index >= 15 is 0 Å². The molecule has 3 aromatic rings. The molecule has 0 amide bonds. The summed E-state index contributed by atoms with van der Waals surface area (Å²) < 4.78 is 0. The average molecular weight is 379 g/mol. The van der Waals surface area contributed by atoms with Crippen molar-refractivity contribution in [2.24, 2.45) is 0 Å². The number of thiophene rings is 1. The molecule has 3 rings (SSSR count). The Morgan fingerprint density at radius 3 is 2.64 bits per heavy atom. The molecule has 3 aromatic heterocycles. The van der Waals surface area contributed by atoms with Crippen molar-refractivity contribution in [2.75, 3.05) is 5.32 Å². The number of nitrogens with one attached hydrogen (secondary N) is 1. The number of aryl methyl sites for hydroxylation is 1. The fraction of sp³-hybridized carbons (Fsp3) is 0.250. The molecular formula is C16H15ClN4O3S. The number of hydrogen-bond donors (Lipinski definition) is 3. The van der Waals surface area contributed by atoms with Gasteiger partial charge in [-0.2, -0.15) is 4.98 Å². The van der Waals surface area contributed by atoms with Crippen molar-refractivity contribution in [2.45, 2.75) is 26.4 Å². The summed E-state index contributed by atoms with van der Waals surface area (Å²) >= 11 is 7.21. The van der Waals surface area contributed by atoms with Gasteiger partial charge in [0, 0.05) is 4.88 Å². The predicted octanol–water partition coefficient (Wildman–Crippen LogP) is 3.72. The number of carboxylic acid groups (broad SMARTS) is 1. The molecule has 0 spiro atoms. The molecule has 130 valence electrons. The van der Waals surface area contributed by atoms with Gasteiger partial charge < -0.3 is 15.5 Å². The highest BCUT2D eigenvalue weighted by Crippen LogP contribution is 2.35. The summed E-state index contributed by atoms with van der Waals surface area (Å²) in [5.41, 5.74) is -0.506. The van der Waals surface area contributed by atoms with E-state index in [9.17, 15) is 15.0 Å². The van der Waals surface area contributed by atoms with Crippen LogP contribution < -0.4 is 5.32 Å². The normalized spacial score (nSPS) is 11.7. The summed E-state index contributed by atoms with van der Waals surface area (Å²) in [6.07, 6.45) is 0. The number of carbonyl (C=O) groups is 1. The van der Waals surface area contributed by atoms with Gasteiger partial charge in [0.25, 0.3) is 0 Å². The third-order valence-corrected chi connectivity index (χ3v) is 4.70. The number of aromatic nitrogens is 3. The van der Waals surface area contributed by atoms with E-state index in [-0.39, 0.29) is 16.7 Å². The lowest BCUT2D eigenvalue weighted by Crippen LogP contribution is -2.17. The highest BCUT2D eigenvalue weighted by Gasteiger charge is 2.22. The van der Waals surface area contributed by atoms with Crippen molar-refractivity contribution >= 4 is 50.8 Å². The maximum absolute atomic E-state index is 11.6. The first-order valence-corrected chi connectivity index (χ1v) is 8.53. The van der Waals surface area contributed by atoms with E-state index < -0.39 is 11.6 Å². The van der Waals surface area contributed by atoms with Gasteiger partial charge in [0.1, 0.15) is 22.1 Å². The molecule has 3 N–H and O–H groups in total. The van der Waals surface area contributed by atoms with Gasteiger partial charge in [0.2, 0.25) is 5.28 Å². The number of nitrogens with zero attached hydrogens (tertiary/aromatic N) is 3. The number of anilines is 2. The van der Waals surface area contributed by atoms with Crippen LogP contribution in [-0.4, -0.2) is 31.1 Å². The van der Waals surface area contributed by atoms with Gasteiger partial charge in [0.05, 0.1) is 16.6 Å². The Labute approximate surface area is 152 Å². The van der Waals surface area contributed by atoms with Crippen molar-refractivity contribution in [3.8, 4) is 0 Å². The van der Waals surface area contributed by atoms with Gasteiger partial charge in [-0.25, -0.2) is 14.8 Å². The number of pyridine rings is 1. The summed E-state index contributed by atoms with van der Waals surface area (Å²) in [7, 11) is 0. The first-order chi connectivity index (χ1) is 11.7. The Morgan fingerprint density at radius 1 is 1.28 bits per heavy atom. The van der Waals surface area contributed by atoms with Crippen LogP contribution in [0.3, 0.4) is 0 Å². The maximum Gasteiger partial charge on any atom is 0.337 e. The van der Waals surface area contributed by atoms with Gasteiger partial charge in [-0.3, -0.25) is 0 Å². The zero-order valence-corrected chi connectivity index (χ0v) is 15.2. The molecule has 0 aliphatic carbocycles. The second kappa shape index (κ2) is 6.21. The van der Waals surface area contributed by atoms with Gasteiger partial charge in [-0.15, -0.1) is 11.3 Å². The number of hydrogen-bond acceptors (Lipinski definition) is 7. The third kappa shape index (κ3) is 3.41. The van der Waals surface area contributed by atoms with Crippen LogP contribution in [0.4, 0.5) is 11.6 Å². The second-order valence-electron chi connectivity index (χ2n) is 5.95. The lowest BCUT2D eigenvalue weighted by molar-refractivity contribution is 0.0697. The number of halogens is 1. The van der Waals surface area contributed by atoms with Crippen LogP contribution >= 0.6 is 22.9 Å². The summed E-state index contributed by atoms with van der Waals surface area (Å²) in [5, 5.41) is 23.0. The fourth-order valence-corrected chi connectivity index (χ4v) is 3.63. The Hall–Kier alpha value is -2.29. The molecule has 0 aliphatic heterocycles. The van der Waals surface area contributed by atoms with Crippen LogP contribution in [-0.2, 0) is 5.60 Å². The smallest absolute Gasteiger partial charge is 0.337 e. The lowest BCUT2D eigenvalue weighted by Gasteiger charge is -2.17. The molecule has 9 heteroatoms. The number of aromatic carboxylic acids is 1. The Bertz CT molecular complexity index is 981. The molecule has 7 nitrogen and oxygen atoms in total. The fourth-order valence-electron chi connectivity index (χ4n) is 2.40. The molecule has 3 heterocycles.